The van der Waals surface area contributed by atoms with E-state index in [0.717, 1.165) is 16.3 Å². The fourth-order valence-corrected chi connectivity index (χ4v) is 4.55. The van der Waals surface area contributed by atoms with E-state index < -0.39 is 10.0 Å². The highest BCUT2D eigenvalue weighted by Crippen LogP contribution is 2.24. The molecule has 130 valence electrons. The largest absolute Gasteiger partial charge is 0.354 e. The molecular weight excluding hydrogens is 354 g/mol. The highest BCUT2D eigenvalue weighted by atomic mass is 32.2. The quantitative estimate of drug-likeness (QED) is 0.685. The molecule has 2 heterocycles. The third-order valence-corrected chi connectivity index (χ3v) is 6.63. The van der Waals surface area contributed by atoms with Crippen LogP contribution in [-0.4, -0.2) is 13.4 Å². The van der Waals surface area contributed by atoms with Crippen LogP contribution in [0.15, 0.2) is 52.9 Å². The molecule has 7 heteroatoms. The van der Waals surface area contributed by atoms with Crippen LogP contribution in [0.25, 0.3) is 0 Å². The van der Waals surface area contributed by atoms with Gasteiger partial charge in [-0.05, 0) is 68.3 Å². The minimum Gasteiger partial charge on any atom is -0.354 e. The van der Waals surface area contributed by atoms with Crippen molar-refractivity contribution in [2.45, 2.75) is 25.0 Å². The predicted octanol–water partition coefficient (Wildman–Crippen LogP) is 4.61. The highest BCUT2D eigenvalue weighted by Gasteiger charge is 2.16. The fraction of sp³-hybridized carbons (Fsp3) is 0.167. The Labute approximate surface area is 151 Å². The number of benzene rings is 1. The molecule has 2 aromatic heterocycles. The normalized spacial score (nSPS) is 11.3. The van der Waals surface area contributed by atoms with Crippen molar-refractivity contribution in [3.8, 4) is 0 Å². The maximum Gasteiger partial charge on any atom is 0.272 e. The van der Waals surface area contributed by atoms with Gasteiger partial charge in [0, 0.05) is 10.6 Å². The number of thiophene rings is 1. The SMILES string of the molecule is Cc1ccc(S(=O)(=O)Nc2ccc(Nc3ccc(C)c(C)c3)cn2)s1. The summed E-state index contributed by atoms with van der Waals surface area (Å²) in [5, 5.41) is 3.26. The summed E-state index contributed by atoms with van der Waals surface area (Å²) >= 11 is 1.23. The van der Waals surface area contributed by atoms with Crippen molar-refractivity contribution in [3.05, 3.63) is 64.7 Å². The Bertz CT molecular complexity index is 993. The van der Waals surface area contributed by atoms with Crippen LogP contribution in [0.5, 0.6) is 0 Å². The summed E-state index contributed by atoms with van der Waals surface area (Å²) in [6, 6.07) is 12.9. The minimum absolute atomic E-state index is 0.282. The van der Waals surface area contributed by atoms with Gasteiger partial charge in [0.25, 0.3) is 10.0 Å². The lowest BCUT2D eigenvalue weighted by Gasteiger charge is -2.10. The molecule has 0 bridgehead atoms. The number of hydrogen-bond acceptors (Lipinski definition) is 5. The number of nitrogens with zero attached hydrogens (tertiary/aromatic N) is 1. The van der Waals surface area contributed by atoms with E-state index in [2.05, 4.69) is 41.0 Å². The van der Waals surface area contributed by atoms with Crippen molar-refractivity contribution in [1.82, 2.24) is 4.98 Å². The van der Waals surface area contributed by atoms with Gasteiger partial charge in [0.05, 0.1) is 11.9 Å². The summed E-state index contributed by atoms with van der Waals surface area (Å²) in [5.74, 6) is 0.289. The van der Waals surface area contributed by atoms with E-state index in [4.69, 9.17) is 0 Å². The predicted molar refractivity (Wildman–Crippen MR) is 103 cm³/mol. The molecule has 0 amide bonds. The molecule has 0 unspecified atom stereocenters. The zero-order valence-corrected chi connectivity index (χ0v) is 15.8. The molecule has 0 aliphatic rings. The second-order valence-corrected chi connectivity index (χ2v) is 9.02. The first kappa shape index (κ1) is 17.4. The molecule has 1 aromatic carbocycles. The van der Waals surface area contributed by atoms with Gasteiger partial charge in [0.1, 0.15) is 10.0 Å². The minimum atomic E-state index is -3.59. The molecule has 0 saturated carbocycles. The lowest BCUT2D eigenvalue weighted by molar-refractivity contribution is 0.603. The molecule has 0 saturated heterocycles. The first-order chi connectivity index (χ1) is 11.8. The smallest absolute Gasteiger partial charge is 0.272 e. The highest BCUT2D eigenvalue weighted by molar-refractivity contribution is 7.94. The van der Waals surface area contributed by atoms with Crippen molar-refractivity contribution >= 4 is 38.6 Å². The molecule has 25 heavy (non-hydrogen) atoms. The fourth-order valence-electron chi connectivity index (χ4n) is 2.26. The molecule has 5 nitrogen and oxygen atoms in total. The summed E-state index contributed by atoms with van der Waals surface area (Å²) < 4.78 is 27.4. The molecule has 0 aliphatic carbocycles. The summed E-state index contributed by atoms with van der Waals surface area (Å²) in [6.45, 7) is 5.99. The zero-order valence-electron chi connectivity index (χ0n) is 14.2. The maximum atomic E-state index is 12.3. The first-order valence-electron chi connectivity index (χ1n) is 7.73. The summed E-state index contributed by atoms with van der Waals surface area (Å²) in [7, 11) is -3.59. The van der Waals surface area contributed by atoms with Gasteiger partial charge in [-0.1, -0.05) is 6.07 Å². The average Bonchev–Trinajstić information content (AvgIpc) is 3.00. The Morgan fingerprint density at radius 2 is 1.68 bits per heavy atom. The zero-order chi connectivity index (χ0) is 18.0. The van der Waals surface area contributed by atoms with E-state index in [-0.39, 0.29) is 10.0 Å². The van der Waals surface area contributed by atoms with Gasteiger partial charge < -0.3 is 5.32 Å². The Kier molecular flexibility index (Phi) is 4.78. The number of anilines is 3. The number of sulfonamides is 1. The van der Waals surface area contributed by atoms with Crippen molar-refractivity contribution in [2.24, 2.45) is 0 Å². The van der Waals surface area contributed by atoms with Gasteiger partial charge in [-0.15, -0.1) is 11.3 Å². The van der Waals surface area contributed by atoms with Gasteiger partial charge in [0.2, 0.25) is 0 Å². The molecular formula is C18H19N3O2S2. The number of hydrogen-bond donors (Lipinski definition) is 2. The van der Waals surface area contributed by atoms with Gasteiger partial charge in [-0.3, -0.25) is 4.72 Å². The van der Waals surface area contributed by atoms with Gasteiger partial charge in [0.15, 0.2) is 0 Å². The second-order valence-electron chi connectivity index (χ2n) is 5.83. The number of rotatable bonds is 5. The Morgan fingerprint density at radius 3 is 2.28 bits per heavy atom. The molecule has 0 aliphatic heterocycles. The van der Waals surface area contributed by atoms with Crippen LogP contribution in [0.3, 0.4) is 0 Å². The van der Waals surface area contributed by atoms with Crippen LogP contribution in [-0.2, 0) is 10.0 Å². The van der Waals surface area contributed by atoms with Crippen molar-refractivity contribution in [2.75, 3.05) is 10.0 Å². The number of aromatic nitrogens is 1. The van der Waals surface area contributed by atoms with Gasteiger partial charge in [-0.2, -0.15) is 0 Å². The van der Waals surface area contributed by atoms with Crippen LogP contribution in [0.1, 0.15) is 16.0 Å². The third kappa shape index (κ3) is 4.18. The second kappa shape index (κ2) is 6.85. The van der Waals surface area contributed by atoms with Crippen LogP contribution < -0.4 is 10.0 Å². The summed E-state index contributed by atoms with van der Waals surface area (Å²) in [6.07, 6.45) is 1.60. The van der Waals surface area contributed by atoms with Crippen molar-refractivity contribution in [1.29, 1.82) is 0 Å². The molecule has 0 radical (unpaired) electrons. The standard InChI is InChI=1S/C18H19N3O2S2/c1-12-4-6-15(10-13(12)2)20-16-7-8-17(19-11-16)21-25(22,23)18-9-5-14(3)24-18/h4-11,20H,1-3H3,(H,19,21). The number of nitrogens with one attached hydrogen (secondary N) is 2. The van der Waals surface area contributed by atoms with E-state index >= 15 is 0 Å². The Hall–Kier alpha value is -2.38. The summed E-state index contributed by atoms with van der Waals surface area (Å²) in [5.41, 5.74) is 4.19. The topological polar surface area (TPSA) is 71.1 Å². The van der Waals surface area contributed by atoms with Gasteiger partial charge in [-0.25, -0.2) is 13.4 Å². The molecule has 0 spiro atoms. The van der Waals surface area contributed by atoms with E-state index in [1.165, 1.54) is 22.5 Å². The van der Waals surface area contributed by atoms with Crippen molar-refractivity contribution in [3.63, 3.8) is 0 Å². The Balaban J connectivity index is 1.72. The van der Waals surface area contributed by atoms with Crippen LogP contribution >= 0.6 is 11.3 Å². The lowest BCUT2D eigenvalue weighted by Crippen LogP contribution is -2.12. The third-order valence-electron chi connectivity index (χ3n) is 3.78. The van der Waals surface area contributed by atoms with E-state index in [1.54, 1.807) is 30.5 Å². The summed E-state index contributed by atoms with van der Waals surface area (Å²) in [4.78, 5) is 5.13. The maximum absolute atomic E-state index is 12.3. The molecule has 0 atom stereocenters. The monoisotopic (exact) mass is 373 g/mol. The Morgan fingerprint density at radius 1 is 0.920 bits per heavy atom. The van der Waals surface area contributed by atoms with Gasteiger partial charge >= 0.3 is 0 Å². The van der Waals surface area contributed by atoms with E-state index in [1.807, 2.05) is 13.0 Å². The van der Waals surface area contributed by atoms with E-state index in [0.29, 0.717) is 0 Å². The van der Waals surface area contributed by atoms with E-state index in [9.17, 15) is 8.42 Å². The number of aryl methyl sites for hydroxylation is 3. The van der Waals surface area contributed by atoms with Crippen LogP contribution in [0, 0.1) is 20.8 Å². The average molecular weight is 374 g/mol. The van der Waals surface area contributed by atoms with Crippen LogP contribution in [0.2, 0.25) is 0 Å². The first-order valence-corrected chi connectivity index (χ1v) is 10.0. The molecule has 2 N–H and O–H groups in total. The van der Waals surface area contributed by atoms with Crippen LogP contribution in [0.4, 0.5) is 17.2 Å². The molecule has 3 rings (SSSR count). The molecule has 0 fully saturated rings. The number of pyridine rings is 1. The van der Waals surface area contributed by atoms with Crippen molar-refractivity contribution < 1.29 is 8.42 Å². The lowest BCUT2D eigenvalue weighted by atomic mass is 10.1. The molecule has 3 aromatic rings.